The molecule has 16 heavy (non-hydrogen) atoms. The topological polar surface area (TPSA) is 26.3 Å². The van der Waals surface area contributed by atoms with Crippen molar-refractivity contribution in [1.29, 1.82) is 0 Å². The lowest BCUT2D eigenvalue weighted by molar-refractivity contribution is -0.140. The fourth-order valence-electron chi connectivity index (χ4n) is 1.05. The molecule has 1 unspecified atom stereocenters. The molecule has 1 rings (SSSR count). The van der Waals surface area contributed by atoms with E-state index in [2.05, 4.69) is 4.74 Å². The second-order valence-electron chi connectivity index (χ2n) is 3.10. The molecule has 0 radical (unpaired) electrons. The van der Waals surface area contributed by atoms with Crippen LogP contribution < -0.4 is 0 Å². The number of benzene rings is 1. The molecule has 0 aliphatic rings. The van der Waals surface area contributed by atoms with Crippen molar-refractivity contribution in [2.45, 2.75) is 22.4 Å². The second-order valence-corrected chi connectivity index (χ2v) is 5.59. The van der Waals surface area contributed by atoms with Gasteiger partial charge >= 0.3 is 5.97 Å². The number of esters is 1. The smallest absolute Gasteiger partial charge is 0.305 e. The van der Waals surface area contributed by atoms with Crippen molar-refractivity contribution >= 4 is 40.9 Å². The Morgan fingerprint density at radius 2 is 2.06 bits per heavy atom. The lowest BCUT2D eigenvalue weighted by Gasteiger charge is -2.08. The van der Waals surface area contributed by atoms with Crippen LogP contribution in [0.1, 0.15) is 12.8 Å². The van der Waals surface area contributed by atoms with E-state index in [0.717, 1.165) is 4.90 Å². The van der Waals surface area contributed by atoms with Crippen LogP contribution in [0.25, 0.3) is 0 Å². The molecule has 0 aliphatic carbocycles. The highest BCUT2D eigenvalue weighted by Gasteiger charge is 2.09. The number of carbonyl (C=O) groups is 1. The first-order chi connectivity index (χ1) is 7.61. The minimum Gasteiger partial charge on any atom is -0.469 e. The van der Waals surface area contributed by atoms with E-state index in [9.17, 15) is 4.79 Å². The largest absolute Gasteiger partial charge is 0.469 e. The van der Waals surface area contributed by atoms with Crippen LogP contribution in [0.15, 0.2) is 29.2 Å². The Morgan fingerprint density at radius 3 is 2.62 bits per heavy atom. The molecule has 0 saturated heterocycles. The Bertz CT molecular complexity index is 340. The van der Waals surface area contributed by atoms with Gasteiger partial charge < -0.3 is 4.74 Å². The van der Waals surface area contributed by atoms with Crippen LogP contribution in [0.2, 0.25) is 5.02 Å². The van der Waals surface area contributed by atoms with E-state index < -0.39 is 0 Å². The molecule has 0 aromatic heterocycles. The van der Waals surface area contributed by atoms with Gasteiger partial charge in [-0.25, -0.2) is 0 Å². The van der Waals surface area contributed by atoms with E-state index in [1.165, 1.54) is 18.9 Å². The summed E-state index contributed by atoms with van der Waals surface area (Å²) < 4.78 is 4.40. The van der Waals surface area contributed by atoms with Gasteiger partial charge in [0.05, 0.1) is 11.8 Å². The van der Waals surface area contributed by atoms with Crippen molar-refractivity contribution in [3.8, 4) is 0 Å². The Morgan fingerprint density at radius 1 is 1.44 bits per heavy atom. The zero-order valence-corrected chi connectivity index (χ0v) is 11.1. The molecule has 1 aromatic rings. The average molecular weight is 279 g/mol. The van der Waals surface area contributed by atoms with Gasteiger partial charge in [0, 0.05) is 16.3 Å². The number of methoxy groups -OCH3 is 1. The average Bonchev–Trinajstić information content (AvgIpc) is 2.29. The predicted octanol–water partition coefficient (Wildman–Crippen LogP) is 3.95. The Balaban J connectivity index is 2.36. The summed E-state index contributed by atoms with van der Waals surface area (Å²) in [6.45, 7) is 0. The first-order valence-electron chi connectivity index (χ1n) is 4.75. The van der Waals surface area contributed by atoms with E-state index in [4.69, 9.17) is 23.2 Å². The summed E-state index contributed by atoms with van der Waals surface area (Å²) >= 11 is 13.3. The number of carbonyl (C=O) groups excluding carboxylic acids is 1. The summed E-state index contributed by atoms with van der Waals surface area (Å²) in [4.78, 5) is 11.9. The Kier molecular flexibility index (Phi) is 6.03. The standard InChI is InChI=1S/C11H12Cl2O2S/c1-15-11(14)7-6-10(13)16-9-4-2-8(12)3-5-9/h2-5,10H,6-7H2,1H3. The van der Waals surface area contributed by atoms with Crippen molar-refractivity contribution in [3.05, 3.63) is 29.3 Å². The lowest BCUT2D eigenvalue weighted by Crippen LogP contribution is -2.03. The quantitative estimate of drug-likeness (QED) is 0.464. The van der Waals surface area contributed by atoms with Gasteiger partial charge in [0.2, 0.25) is 0 Å². The molecule has 0 aliphatic heterocycles. The maximum atomic E-state index is 10.9. The maximum Gasteiger partial charge on any atom is 0.305 e. The van der Waals surface area contributed by atoms with Crippen LogP contribution in [0.3, 0.4) is 0 Å². The number of hydrogen-bond donors (Lipinski definition) is 0. The molecule has 0 fully saturated rings. The molecule has 5 heteroatoms. The zero-order chi connectivity index (χ0) is 12.0. The molecule has 0 N–H and O–H groups in total. The number of ether oxygens (including phenoxy) is 1. The van der Waals surface area contributed by atoms with Crippen molar-refractivity contribution in [2.75, 3.05) is 7.11 Å². The van der Waals surface area contributed by atoms with Gasteiger partial charge in [-0.15, -0.1) is 23.4 Å². The van der Waals surface area contributed by atoms with Crippen molar-refractivity contribution in [3.63, 3.8) is 0 Å². The molecule has 2 nitrogen and oxygen atoms in total. The summed E-state index contributed by atoms with van der Waals surface area (Å²) in [7, 11) is 1.37. The highest BCUT2D eigenvalue weighted by atomic mass is 35.5. The van der Waals surface area contributed by atoms with Crippen LogP contribution in [0.5, 0.6) is 0 Å². The van der Waals surface area contributed by atoms with Gasteiger partial charge in [-0.3, -0.25) is 4.79 Å². The number of rotatable bonds is 5. The van der Waals surface area contributed by atoms with E-state index in [1.807, 2.05) is 24.3 Å². The van der Waals surface area contributed by atoms with Gasteiger partial charge in [-0.1, -0.05) is 11.6 Å². The van der Waals surface area contributed by atoms with Gasteiger partial charge in [0.25, 0.3) is 0 Å². The number of alkyl halides is 1. The highest BCUT2D eigenvalue weighted by molar-refractivity contribution is 8.01. The third-order valence-corrected chi connectivity index (χ3v) is 3.65. The molecule has 0 heterocycles. The van der Waals surface area contributed by atoms with Crippen LogP contribution >= 0.6 is 35.0 Å². The first-order valence-corrected chi connectivity index (χ1v) is 6.44. The van der Waals surface area contributed by atoms with Crippen molar-refractivity contribution in [2.24, 2.45) is 0 Å². The minimum atomic E-state index is -0.234. The van der Waals surface area contributed by atoms with Crippen molar-refractivity contribution in [1.82, 2.24) is 0 Å². The van der Waals surface area contributed by atoms with Crippen LogP contribution in [0, 0.1) is 0 Å². The third-order valence-electron chi connectivity index (χ3n) is 1.88. The number of hydrogen-bond acceptors (Lipinski definition) is 3. The normalized spacial score (nSPS) is 12.2. The summed E-state index contributed by atoms with van der Waals surface area (Å²) in [5.41, 5.74) is 0. The van der Waals surface area contributed by atoms with Crippen LogP contribution in [-0.4, -0.2) is 17.8 Å². The molecule has 0 amide bonds. The second kappa shape index (κ2) is 7.05. The zero-order valence-electron chi connectivity index (χ0n) is 8.78. The highest BCUT2D eigenvalue weighted by Crippen LogP contribution is 2.29. The fourth-order valence-corrected chi connectivity index (χ4v) is 2.42. The molecular weight excluding hydrogens is 267 g/mol. The van der Waals surface area contributed by atoms with Gasteiger partial charge in [0.15, 0.2) is 0 Å². The predicted molar refractivity (Wildman–Crippen MR) is 68.2 cm³/mol. The molecule has 0 saturated carbocycles. The maximum absolute atomic E-state index is 10.9. The SMILES string of the molecule is COC(=O)CCC(Cl)Sc1ccc(Cl)cc1. The molecule has 1 aromatic carbocycles. The summed E-state index contributed by atoms with van der Waals surface area (Å²) in [5, 5.41) is 0.699. The molecule has 88 valence electrons. The van der Waals surface area contributed by atoms with E-state index in [1.54, 1.807) is 0 Å². The molecule has 0 spiro atoms. The van der Waals surface area contributed by atoms with E-state index >= 15 is 0 Å². The molecular formula is C11H12Cl2O2S. The van der Waals surface area contributed by atoms with Gasteiger partial charge in [-0.05, 0) is 30.7 Å². The monoisotopic (exact) mass is 278 g/mol. The summed E-state index contributed by atoms with van der Waals surface area (Å²) in [5.74, 6) is -0.234. The van der Waals surface area contributed by atoms with Crippen LogP contribution in [0.4, 0.5) is 0 Å². The van der Waals surface area contributed by atoms with Crippen LogP contribution in [-0.2, 0) is 9.53 Å². The van der Waals surface area contributed by atoms with E-state index in [0.29, 0.717) is 17.9 Å². The fraction of sp³-hybridized carbons (Fsp3) is 0.364. The van der Waals surface area contributed by atoms with Gasteiger partial charge in [0.1, 0.15) is 0 Å². The van der Waals surface area contributed by atoms with Gasteiger partial charge in [-0.2, -0.15) is 0 Å². The summed E-state index contributed by atoms with van der Waals surface area (Å²) in [6, 6.07) is 7.43. The number of halogens is 2. The molecule has 0 bridgehead atoms. The minimum absolute atomic E-state index is 0.139. The Labute approximate surface area is 109 Å². The summed E-state index contributed by atoms with van der Waals surface area (Å²) in [6.07, 6.45) is 0.923. The van der Waals surface area contributed by atoms with E-state index in [-0.39, 0.29) is 10.7 Å². The Hall–Kier alpha value is -0.380. The third kappa shape index (κ3) is 5.10. The first kappa shape index (κ1) is 13.7. The molecule has 1 atom stereocenters. The lowest BCUT2D eigenvalue weighted by atomic mass is 10.3. The van der Waals surface area contributed by atoms with Crippen molar-refractivity contribution < 1.29 is 9.53 Å². The number of thioether (sulfide) groups is 1.